The quantitative estimate of drug-likeness (QED) is 0.0247. The Morgan fingerprint density at radius 3 is 2.03 bits per heavy atom. The molecule has 14 nitrogen and oxygen atoms in total. The van der Waals surface area contributed by atoms with E-state index in [4.69, 9.17) is 4.74 Å². The van der Waals surface area contributed by atoms with Gasteiger partial charge < -0.3 is 45.1 Å². The number of carboxylic acid groups (broad SMARTS) is 2. The summed E-state index contributed by atoms with van der Waals surface area (Å²) in [5, 5.41) is 47.1. The summed E-state index contributed by atoms with van der Waals surface area (Å²) in [6.45, 7) is 6.59. The molecule has 5 N–H and O–H groups in total. The summed E-state index contributed by atoms with van der Waals surface area (Å²) in [7, 11) is 3.46. The van der Waals surface area contributed by atoms with E-state index in [9.17, 15) is 34.8 Å². The van der Waals surface area contributed by atoms with Crippen molar-refractivity contribution in [2.75, 3.05) is 54.0 Å². The van der Waals surface area contributed by atoms with Crippen molar-refractivity contribution >= 4 is 75.3 Å². The number of epoxide rings is 1. The number of allylic oxidation sites excluding steroid dienone is 4. The molecular formula is C45H52N6O8S2. The molecule has 0 aliphatic carbocycles. The van der Waals surface area contributed by atoms with E-state index in [1.807, 2.05) is 108 Å². The Morgan fingerprint density at radius 2 is 1.43 bits per heavy atom. The lowest BCUT2D eigenvalue weighted by Gasteiger charge is -2.27. The van der Waals surface area contributed by atoms with E-state index in [1.165, 1.54) is 0 Å². The van der Waals surface area contributed by atoms with E-state index in [2.05, 4.69) is 22.2 Å². The first-order valence-corrected chi connectivity index (χ1v) is 22.7. The van der Waals surface area contributed by atoms with Crippen LogP contribution in [-0.2, 0) is 25.7 Å². The van der Waals surface area contributed by atoms with Gasteiger partial charge in [-0.2, -0.15) is 4.57 Å². The zero-order chi connectivity index (χ0) is 43.1. The summed E-state index contributed by atoms with van der Waals surface area (Å²) >= 11 is 0. The topological polar surface area (TPSA) is 194 Å². The summed E-state index contributed by atoms with van der Waals surface area (Å²) in [4.78, 5) is 43.3. The number of anilines is 2. The number of hydrogen-bond donors (Lipinski definition) is 5. The maximum absolute atomic E-state index is 12.5. The highest BCUT2D eigenvalue weighted by Crippen LogP contribution is 2.28. The molecule has 3 aliphatic rings. The molecule has 6 atom stereocenters. The Bertz CT molecular complexity index is 2080. The van der Waals surface area contributed by atoms with Crippen LogP contribution in [0.1, 0.15) is 29.5 Å². The summed E-state index contributed by atoms with van der Waals surface area (Å²) in [6.07, 6.45) is 16.0. The fourth-order valence-corrected chi connectivity index (χ4v) is 8.88. The Labute approximate surface area is 363 Å². The molecule has 2 aromatic carbocycles. The Morgan fingerprint density at radius 1 is 0.852 bits per heavy atom. The van der Waals surface area contributed by atoms with Gasteiger partial charge in [-0.25, -0.2) is 4.79 Å². The standard InChI is InChI=1S/C45H52N6O8S2/c1-2-31(3-4-32-7-11-35(12-8-32)50-28-37(52)25-39(50)44(55)56)15-18-46-27-41-43(59-41)48-20-24-61-60-23-19-47-42(54)30-49-21-16-34(17-22-49)6-5-33-9-13-36(14-10-33)51-29-38(53)26-40(51)45(57)58/h2-18,21-22,37-41,43,48,52-53H,1,19-20,23-30H2,(H2-,47,54,55,56,57,58)/b4-3+,31-15+,46-18?. The van der Waals surface area contributed by atoms with Crippen LogP contribution in [0.4, 0.5) is 11.4 Å². The van der Waals surface area contributed by atoms with Gasteiger partial charge in [-0.05, 0) is 52.6 Å². The van der Waals surface area contributed by atoms with Crippen molar-refractivity contribution in [1.29, 1.82) is 0 Å². The normalized spacial score (nSPS) is 22.8. The van der Waals surface area contributed by atoms with Crippen molar-refractivity contribution in [2.45, 2.75) is 56.0 Å². The fraction of sp³-hybridized carbons (Fsp3) is 0.356. The Balaban J connectivity index is 0.785. The minimum atomic E-state index is -1.18. The second-order valence-corrected chi connectivity index (χ2v) is 17.6. The van der Waals surface area contributed by atoms with Gasteiger partial charge in [0, 0.05) is 80.2 Å². The van der Waals surface area contributed by atoms with Crippen molar-refractivity contribution in [2.24, 2.45) is 4.99 Å². The zero-order valence-corrected chi connectivity index (χ0v) is 35.3. The number of pyridine rings is 1. The third-order valence-corrected chi connectivity index (χ3v) is 12.8. The number of carboxylic acids is 2. The number of aliphatic carboxylic acids is 2. The number of hydrogen-bond acceptors (Lipinski definition) is 13. The van der Waals surface area contributed by atoms with Gasteiger partial charge in [-0.15, -0.1) is 0 Å². The van der Waals surface area contributed by atoms with Crippen LogP contribution in [0, 0.1) is 0 Å². The van der Waals surface area contributed by atoms with E-state index in [1.54, 1.807) is 43.7 Å². The molecule has 0 radical (unpaired) electrons. The molecule has 0 bridgehead atoms. The first-order chi connectivity index (χ1) is 29.6. The highest BCUT2D eigenvalue weighted by Gasteiger charge is 2.38. The van der Waals surface area contributed by atoms with Gasteiger partial charge >= 0.3 is 5.97 Å². The van der Waals surface area contributed by atoms with Crippen molar-refractivity contribution in [1.82, 2.24) is 10.6 Å². The molecule has 16 heteroatoms. The molecule has 1 amide bonds. The van der Waals surface area contributed by atoms with Gasteiger partial charge in [0.15, 0.2) is 12.4 Å². The van der Waals surface area contributed by atoms with Crippen LogP contribution in [0.25, 0.3) is 18.2 Å². The number of aliphatic imine (C=N–C) groups is 1. The van der Waals surface area contributed by atoms with E-state index < -0.39 is 36.2 Å². The third kappa shape index (κ3) is 13.9. The van der Waals surface area contributed by atoms with Crippen LogP contribution in [0.2, 0.25) is 0 Å². The van der Waals surface area contributed by atoms with Crippen LogP contribution in [0.15, 0.2) is 108 Å². The number of aliphatic hydroxyl groups is 2. The minimum Gasteiger partial charge on any atom is -0.548 e. The smallest absolute Gasteiger partial charge is 0.326 e. The number of carbonyl (C=O) groups excluding carboxylic acids is 2. The lowest BCUT2D eigenvalue weighted by molar-refractivity contribution is -0.684. The lowest BCUT2D eigenvalue weighted by atomic mass is 10.1. The molecule has 61 heavy (non-hydrogen) atoms. The van der Waals surface area contributed by atoms with Gasteiger partial charge in [0.1, 0.15) is 18.4 Å². The number of nitrogens with zero attached hydrogens (tertiary/aromatic N) is 4. The molecule has 6 unspecified atom stereocenters. The maximum Gasteiger partial charge on any atom is 0.326 e. The first kappa shape index (κ1) is 45.3. The number of carbonyl (C=O) groups is 3. The van der Waals surface area contributed by atoms with Crippen LogP contribution < -0.4 is 30.1 Å². The van der Waals surface area contributed by atoms with Gasteiger partial charge in [-0.3, -0.25) is 15.1 Å². The number of ether oxygens (including phenoxy) is 1. The molecule has 4 heterocycles. The Kier molecular flexibility index (Phi) is 16.8. The van der Waals surface area contributed by atoms with Gasteiger partial charge in [0.25, 0.3) is 5.91 Å². The van der Waals surface area contributed by atoms with Crippen LogP contribution in [-0.4, -0.2) is 120 Å². The van der Waals surface area contributed by atoms with Gasteiger partial charge in [-0.1, -0.05) is 82.8 Å². The van der Waals surface area contributed by atoms with Crippen molar-refractivity contribution in [3.63, 3.8) is 0 Å². The number of β-amino-alcohol motifs (C(OH)–C–C–N with tert-alkyl or cyclic N) is 2. The van der Waals surface area contributed by atoms with Crippen LogP contribution >= 0.6 is 21.6 Å². The van der Waals surface area contributed by atoms with Crippen LogP contribution in [0.3, 0.4) is 0 Å². The number of rotatable bonds is 22. The first-order valence-electron chi connectivity index (χ1n) is 20.2. The molecule has 0 saturated carbocycles. The largest absolute Gasteiger partial charge is 0.548 e. The second-order valence-electron chi connectivity index (χ2n) is 14.9. The molecule has 3 saturated heterocycles. The SMILES string of the molecule is C=CC(/C=C/c1ccc(N2CC(O)CC2C(=O)[O-])cc1)=C\C=NCC1OC1NCCSSCCNC(=O)C[n+]1ccc(/C=C/c2ccc(N3CC(O)CC3C(=O)O)cc2)cc1. The predicted molar refractivity (Wildman–Crippen MR) is 240 cm³/mol. The molecule has 322 valence electrons. The average Bonchev–Trinajstić information content (AvgIpc) is 3.68. The van der Waals surface area contributed by atoms with Crippen molar-refractivity contribution in [3.8, 4) is 0 Å². The molecule has 3 aromatic rings. The van der Waals surface area contributed by atoms with E-state index in [0.717, 1.165) is 51.7 Å². The molecular weight excluding hydrogens is 817 g/mol. The highest BCUT2D eigenvalue weighted by molar-refractivity contribution is 8.76. The molecule has 3 aliphatic heterocycles. The van der Waals surface area contributed by atoms with Crippen molar-refractivity contribution in [3.05, 3.63) is 120 Å². The van der Waals surface area contributed by atoms with Gasteiger partial charge in [0.05, 0.1) is 30.8 Å². The molecule has 1 aromatic heterocycles. The Hall–Kier alpha value is -5.23. The van der Waals surface area contributed by atoms with Gasteiger partial charge in [0.2, 0.25) is 6.54 Å². The molecule has 6 rings (SSSR count). The average molecular weight is 869 g/mol. The number of aromatic nitrogens is 1. The summed E-state index contributed by atoms with van der Waals surface area (Å²) in [5.74, 6) is -0.478. The minimum absolute atomic E-state index is 0.00722. The maximum atomic E-state index is 12.5. The highest BCUT2D eigenvalue weighted by atomic mass is 33.1. The monoisotopic (exact) mass is 868 g/mol. The van der Waals surface area contributed by atoms with E-state index in [0.29, 0.717) is 19.6 Å². The summed E-state index contributed by atoms with van der Waals surface area (Å²) in [5.41, 5.74) is 5.25. The second kappa shape index (κ2) is 22.6. The third-order valence-electron chi connectivity index (χ3n) is 10.3. The number of nitrogens with one attached hydrogen (secondary N) is 2. The summed E-state index contributed by atoms with van der Waals surface area (Å²) < 4.78 is 7.52. The number of benzene rings is 2. The lowest BCUT2D eigenvalue weighted by Crippen LogP contribution is -2.44. The van der Waals surface area contributed by atoms with E-state index in [-0.39, 0.29) is 44.2 Å². The summed E-state index contributed by atoms with van der Waals surface area (Å²) in [6, 6.07) is 17.4. The molecule has 0 spiro atoms. The van der Waals surface area contributed by atoms with Crippen molar-refractivity contribution < 1.29 is 44.1 Å². The van der Waals surface area contributed by atoms with E-state index >= 15 is 0 Å². The number of amides is 1. The predicted octanol–water partition coefficient (Wildman–Crippen LogP) is 2.57. The molecule has 3 fully saturated rings. The van der Waals surface area contributed by atoms with Crippen LogP contribution in [0.5, 0.6) is 0 Å². The number of aliphatic hydroxyl groups excluding tert-OH is 2. The zero-order valence-electron chi connectivity index (χ0n) is 33.7. The fourth-order valence-electron chi connectivity index (χ4n) is 7.05.